The van der Waals surface area contributed by atoms with Crippen molar-refractivity contribution in [2.24, 2.45) is 0 Å². The second-order valence-electron chi connectivity index (χ2n) is 4.44. The molecule has 0 fully saturated rings. The van der Waals surface area contributed by atoms with Crippen LogP contribution in [-0.2, 0) is 0 Å². The first-order valence-electron chi connectivity index (χ1n) is 5.83. The molecule has 2 heterocycles. The Morgan fingerprint density at radius 3 is 2.58 bits per heavy atom. The Hall–Kier alpha value is -2.14. The number of rotatable bonds is 2. The molecule has 5 nitrogen and oxygen atoms in total. The average molecular weight is 274 g/mol. The first-order valence-corrected chi connectivity index (χ1v) is 6.21. The van der Waals surface area contributed by atoms with E-state index in [1.807, 2.05) is 0 Å². The van der Waals surface area contributed by atoms with Crippen LogP contribution < -0.4 is 5.32 Å². The highest BCUT2D eigenvalue weighted by Gasteiger charge is 2.07. The molecule has 3 rings (SSSR count). The third-order valence-electron chi connectivity index (χ3n) is 2.71. The number of nitrogens with one attached hydrogen (secondary N) is 1. The highest BCUT2D eigenvalue weighted by atomic mass is 35.5. The molecule has 0 aliphatic rings. The van der Waals surface area contributed by atoms with Gasteiger partial charge in [-0.3, -0.25) is 0 Å². The van der Waals surface area contributed by atoms with Gasteiger partial charge in [-0.2, -0.15) is 19.6 Å². The van der Waals surface area contributed by atoms with Gasteiger partial charge in [-0.15, -0.1) is 0 Å². The van der Waals surface area contributed by atoms with E-state index in [-0.39, 0.29) is 0 Å². The summed E-state index contributed by atoms with van der Waals surface area (Å²) in [5, 5.41) is 7.80. The molecule has 19 heavy (non-hydrogen) atoms. The average Bonchev–Trinajstić information content (AvgIpc) is 2.75. The first-order chi connectivity index (χ1) is 9.11. The van der Waals surface area contributed by atoms with Crippen LogP contribution in [0, 0.1) is 13.8 Å². The lowest BCUT2D eigenvalue weighted by molar-refractivity contribution is 0.947. The van der Waals surface area contributed by atoms with Gasteiger partial charge >= 0.3 is 0 Å². The Morgan fingerprint density at radius 2 is 1.84 bits per heavy atom. The third-order valence-corrected chi connectivity index (χ3v) is 2.91. The van der Waals surface area contributed by atoms with Crippen molar-refractivity contribution in [3.8, 4) is 0 Å². The monoisotopic (exact) mass is 273 g/mol. The van der Waals surface area contributed by atoms with Crippen molar-refractivity contribution in [2.75, 3.05) is 5.32 Å². The molecule has 2 aromatic heterocycles. The second kappa shape index (κ2) is 4.51. The minimum Gasteiger partial charge on any atom is -0.340 e. The number of nitrogens with zero attached hydrogens (tertiary/aromatic N) is 4. The van der Waals surface area contributed by atoms with Gasteiger partial charge in [-0.25, -0.2) is 0 Å². The Kier molecular flexibility index (Phi) is 2.83. The van der Waals surface area contributed by atoms with E-state index in [4.69, 9.17) is 11.6 Å². The first kappa shape index (κ1) is 11.9. The fourth-order valence-corrected chi connectivity index (χ4v) is 2.25. The van der Waals surface area contributed by atoms with E-state index >= 15 is 0 Å². The zero-order valence-electron chi connectivity index (χ0n) is 10.6. The van der Waals surface area contributed by atoms with Crippen LogP contribution in [0.2, 0.25) is 5.15 Å². The fraction of sp³-hybridized carbons (Fsp3) is 0.154. The van der Waals surface area contributed by atoms with Crippen molar-refractivity contribution in [3.63, 3.8) is 0 Å². The Morgan fingerprint density at radius 1 is 1.11 bits per heavy atom. The standard InChI is InChI=1S/C13H12ClN5/c1-8-3-9(2)5-10(4-8)17-12-6-11(14)18-13-15-7-16-19(12)13/h3-7,17H,1-2H3. The number of hydrogen-bond acceptors (Lipinski definition) is 4. The molecule has 0 spiro atoms. The lowest BCUT2D eigenvalue weighted by atomic mass is 10.1. The number of fused-ring (bicyclic) bond motifs is 1. The number of halogens is 1. The maximum absolute atomic E-state index is 5.98. The minimum absolute atomic E-state index is 0.382. The SMILES string of the molecule is Cc1cc(C)cc(Nc2cc(Cl)nc3ncnn23)c1. The van der Waals surface area contributed by atoms with Gasteiger partial charge in [-0.1, -0.05) is 17.7 Å². The third kappa shape index (κ3) is 2.37. The van der Waals surface area contributed by atoms with E-state index in [9.17, 15) is 0 Å². The molecule has 3 aromatic rings. The molecule has 96 valence electrons. The largest absolute Gasteiger partial charge is 0.340 e. The zero-order chi connectivity index (χ0) is 13.4. The van der Waals surface area contributed by atoms with Crippen LogP contribution in [0.3, 0.4) is 0 Å². The van der Waals surface area contributed by atoms with Crippen molar-refractivity contribution in [2.45, 2.75) is 13.8 Å². The minimum atomic E-state index is 0.382. The van der Waals surface area contributed by atoms with Gasteiger partial charge in [0.05, 0.1) is 0 Å². The number of anilines is 2. The predicted molar refractivity (Wildman–Crippen MR) is 75.0 cm³/mol. The molecular weight excluding hydrogens is 262 g/mol. The summed E-state index contributed by atoms with van der Waals surface area (Å²) in [7, 11) is 0. The molecule has 0 radical (unpaired) electrons. The molecule has 0 aliphatic heterocycles. The van der Waals surface area contributed by atoms with Crippen molar-refractivity contribution in [1.82, 2.24) is 19.6 Å². The number of benzene rings is 1. The second-order valence-corrected chi connectivity index (χ2v) is 4.82. The Bertz CT molecular complexity index is 730. The van der Waals surface area contributed by atoms with E-state index in [0.29, 0.717) is 10.9 Å². The highest BCUT2D eigenvalue weighted by molar-refractivity contribution is 6.29. The summed E-state index contributed by atoms with van der Waals surface area (Å²) in [6.45, 7) is 4.12. The molecule has 0 atom stereocenters. The molecular formula is C13H12ClN5. The Balaban J connectivity index is 2.07. The van der Waals surface area contributed by atoms with E-state index in [0.717, 1.165) is 11.5 Å². The molecule has 1 aromatic carbocycles. The summed E-state index contributed by atoms with van der Waals surface area (Å²) >= 11 is 5.98. The lowest BCUT2D eigenvalue weighted by Gasteiger charge is -2.09. The summed E-state index contributed by atoms with van der Waals surface area (Å²) in [6.07, 6.45) is 1.45. The van der Waals surface area contributed by atoms with Crippen molar-refractivity contribution in [1.29, 1.82) is 0 Å². The molecule has 0 bridgehead atoms. The van der Waals surface area contributed by atoms with Gasteiger partial charge in [0, 0.05) is 11.8 Å². The fourth-order valence-electron chi connectivity index (χ4n) is 2.07. The smallest absolute Gasteiger partial charge is 0.255 e. The summed E-state index contributed by atoms with van der Waals surface area (Å²) in [5.41, 5.74) is 3.37. The number of aryl methyl sites for hydroxylation is 2. The van der Waals surface area contributed by atoms with Crippen LogP contribution in [0.25, 0.3) is 5.78 Å². The van der Waals surface area contributed by atoms with E-state index in [2.05, 4.69) is 52.4 Å². The molecule has 0 amide bonds. The van der Waals surface area contributed by atoms with Gasteiger partial charge in [-0.05, 0) is 37.1 Å². The van der Waals surface area contributed by atoms with E-state index in [1.165, 1.54) is 17.5 Å². The van der Waals surface area contributed by atoms with Gasteiger partial charge in [0.2, 0.25) is 0 Å². The van der Waals surface area contributed by atoms with E-state index in [1.54, 1.807) is 10.6 Å². The normalized spacial score (nSPS) is 10.9. The predicted octanol–water partition coefficient (Wildman–Crippen LogP) is 3.14. The summed E-state index contributed by atoms with van der Waals surface area (Å²) in [4.78, 5) is 8.12. The molecule has 1 N–H and O–H groups in total. The van der Waals surface area contributed by atoms with Crippen LogP contribution in [0.5, 0.6) is 0 Å². The van der Waals surface area contributed by atoms with Crippen LogP contribution >= 0.6 is 11.6 Å². The van der Waals surface area contributed by atoms with Crippen LogP contribution in [-0.4, -0.2) is 19.6 Å². The number of hydrogen-bond donors (Lipinski definition) is 1. The molecule has 0 saturated carbocycles. The maximum atomic E-state index is 5.98. The van der Waals surface area contributed by atoms with Crippen LogP contribution in [0.4, 0.5) is 11.5 Å². The molecule has 0 saturated heterocycles. The van der Waals surface area contributed by atoms with Gasteiger partial charge in [0.15, 0.2) is 0 Å². The van der Waals surface area contributed by atoms with Crippen LogP contribution in [0.1, 0.15) is 11.1 Å². The maximum Gasteiger partial charge on any atom is 0.255 e. The quantitative estimate of drug-likeness (QED) is 0.729. The highest BCUT2D eigenvalue weighted by Crippen LogP contribution is 2.21. The van der Waals surface area contributed by atoms with Crippen LogP contribution in [0.15, 0.2) is 30.6 Å². The van der Waals surface area contributed by atoms with Gasteiger partial charge in [0.25, 0.3) is 5.78 Å². The summed E-state index contributed by atoms with van der Waals surface area (Å²) < 4.78 is 1.61. The van der Waals surface area contributed by atoms with Crippen molar-refractivity contribution < 1.29 is 0 Å². The van der Waals surface area contributed by atoms with Gasteiger partial charge < -0.3 is 5.32 Å². The van der Waals surface area contributed by atoms with Gasteiger partial charge in [0.1, 0.15) is 17.3 Å². The van der Waals surface area contributed by atoms with Crippen molar-refractivity contribution in [3.05, 3.63) is 46.9 Å². The molecule has 6 heteroatoms. The lowest BCUT2D eigenvalue weighted by Crippen LogP contribution is -2.02. The molecule has 0 unspecified atom stereocenters. The summed E-state index contributed by atoms with van der Waals surface area (Å²) in [6, 6.07) is 7.96. The topological polar surface area (TPSA) is 55.1 Å². The number of aromatic nitrogens is 4. The molecule has 0 aliphatic carbocycles. The zero-order valence-corrected chi connectivity index (χ0v) is 11.3. The van der Waals surface area contributed by atoms with Crippen molar-refractivity contribution >= 4 is 28.9 Å². The van der Waals surface area contributed by atoms with E-state index < -0.39 is 0 Å². The Labute approximate surface area is 115 Å². The summed E-state index contributed by atoms with van der Waals surface area (Å²) in [5.74, 6) is 1.21.